The van der Waals surface area contributed by atoms with Gasteiger partial charge < -0.3 is 30.5 Å². The van der Waals surface area contributed by atoms with Crippen molar-refractivity contribution in [2.24, 2.45) is 0 Å². The molecule has 0 aliphatic carbocycles. The van der Waals surface area contributed by atoms with Gasteiger partial charge >= 0.3 is 6.03 Å². The fourth-order valence-corrected chi connectivity index (χ4v) is 3.42. The lowest BCUT2D eigenvalue weighted by molar-refractivity contribution is -0.126. The van der Waals surface area contributed by atoms with Crippen molar-refractivity contribution in [2.45, 2.75) is 37.5 Å². The number of anilines is 2. The summed E-state index contributed by atoms with van der Waals surface area (Å²) in [4.78, 5) is 24.6. The second-order valence-electron chi connectivity index (χ2n) is 7.11. The van der Waals surface area contributed by atoms with Crippen LogP contribution in [0.25, 0.3) is 0 Å². The van der Waals surface area contributed by atoms with Crippen LogP contribution in [0.4, 0.5) is 16.2 Å². The monoisotopic (exact) mass is 413 g/mol. The summed E-state index contributed by atoms with van der Waals surface area (Å²) in [5, 5.41) is 18.1. The number of ether oxygens (including phenoxy) is 2. The van der Waals surface area contributed by atoms with Crippen molar-refractivity contribution in [2.75, 3.05) is 24.4 Å². The molecule has 3 rings (SSSR count). The Balaban J connectivity index is 1.48. The normalized spacial score (nSPS) is 20.8. The molecule has 4 N–H and O–H groups in total. The lowest BCUT2D eigenvalue weighted by Gasteiger charge is -2.35. The SMILES string of the molecule is COc1cccc(NC(=O)N[C@@H]2CC[C@@H](CC(=O)Nc3ccccc3)O[C@@H]2CO)c1. The highest BCUT2D eigenvalue weighted by Gasteiger charge is 2.33. The number of aliphatic hydroxyl groups is 1. The molecule has 0 radical (unpaired) electrons. The molecular formula is C22H27N3O5. The summed E-state index contributed by atoms with van der Waals surface area (Å²) >= 11 is 0. The predicted octanol–water partition coefficient (Wildman–Crippen LogP) is 2.75. The third-order valence-electron chi connectivity index (χ3n) is 4.91. The molecule has 1 aliphatic rings. The topological polar surface area (TPSA) is 109 Å². The fourth-order valence-electron chi connectivity index (χ4n) is 3.42. The molecule has 2 aromatic carbocycles. The predicted molar refractivity (Wildman–Crippen MR) is 114 cm³/mol. The first-order valence-electron chi connectivity index (χ1n) is 9.90. The Kier molecular flexibility index (Phi) is 7.64. The summed E-state index contributed by atoms with van der Waals surface area (Å²) in [6.07, 6.45) is 0.492. The molecule has 1 saturated heterocycles. The number of methoxy groups -OCH3 is 1. The van der Waals surface area contributed by atoms with E-state index in [2.05, 4.69) is 16.0 Å². The van der Waals surface area contributed by atoms with E-state index in [1.165, 1.54) is 0 Å². The molecule has 0 unspecified atom stereocenters. The average Bonchev–Trinajstić information content (AvgIpc) is 2.75. The van der Waals surface area contributed by atoms with Gasteiger partial charge in [0.25, 0.3) is 0 Å². The number of para-hydroxylation sites is 1. The molecule has 8 nitrogen and oxygen atoms in total. The van der Waals surface area contributed by atoms with E-state index >= 15 is 0 Å². The molecule has 2 aromatic rings. The molecule has 1 heterocycles. The minimum atomic E-state index is -0.579. The van der Waals surface area contributed by atoms with Crippen molar-refractivity contribution >= 4 is 23.3 Å². The van der Waals surface area contributed by atoms with Crippen molar-refractivity contribution < 1.29 is 24.2 Å². The number of aliphatic hydroxyl groups excluding tert-OH is 1. The van der Waals surface area contributed by atoms with Crippen LogP contribution < -0.4 is 20.7 Å². The van der Waals surface area contributed by atoms with Gasteiger partial charge in [-0.2, -0.15) is 0 Å². The first-order chi connectivity index (χ1) is 14.6. The summed E-state index contributed by atoms with van der Waals surface area (Å²) in [6, 6.07) is 15.5. The molecular weight excluding hydrogens is 386 g/mol. The maximum atomic E-state index is 12.3. The molecule has 30 heavy (non-hydrogen) atoms. The van der Waals surface area contributed by atoms with Gasteiger partial charge in [0.05, 0.1) is 32.3 Å². The molecule has 0 aromatic heterocycles. The van der Waals surface area contributed by atoms with Gasteiger partial charge in [0.15, 0.2) is 0 Å². The third kappa shape index (κ3) is 6.20. The second-order valence-corrected chi connectivity index (χ2v) is 7.11. The number of amides is 3. The highest BCUT2D eigenvalue weighted by Crippen LogP contribution is 2.23. The average molecular weight is 413 g/mol. The number of hydrogen-bond donors (Lipinski definition) is 4. The number of carbonyl (C=O) groups excluding carboxylic acids is 2. The van der Waals surface area contributed by atoms with Crippen molar-refractivity contribution in [1.82, 2.24) is 5.32 Å². The Bertz CT molecular complexity index is 846. The van der Waals surface area contributed by atoms with E-state index in [0.717, 1.165) is 5.69 Å². The smallest absolute Gasteiger partial charge is 0.319 e. The van der Waals surface area contributed by atoms with Gasteiger partial charge in [-0.25, -0.2) is 4.79 Å². The van der Waals surface area contributed by atoms with Crippen LogP contribution >= 0.6 is 0 Å². The van der Waals surface area contributed by atoms with Crippen LogP contribution in [0, 0.1) is 0 Å². The minimum Gasteiger partial charge on any atom is -0.497 e. The van der Waals surface area contributed by atoms with Crippen molar-refractivity contribution in [1.29, 1.82) is 0 Å². The zero-order chi connectivity index (χ0) is 21.3. The number of nitrogens with one attached hydrogen (secondary N) is 3. The van der Waals surface area contributed by atoms with Crippen LogP contribution in [0.3, 0.4) is 0 Å². The molecule has 3 amide bonds. The number of benzene rings is 2. The zero-order valence-corrected chi connectivity index (χ0v) is 16.8. The van der Waals surface area contributed by atoms with Gasteiger partial charge in [-0.1, -0.05) is 24.3 Å². The number of urea groups is 1. The largest absolute Gasteiger partial charge is 0.497 e. The lowest BCUT2D eigenvalue weighted by Crippen LogP contribution is -2.52. The van der Waals surface area contributed by atoms with Crippen LogP contribution in [-0.4, -0.2) is 49.0 Å². The fraction of sp³-hybridized carbons (Fsp3) is 0.364. The first-order valence-corrected chi connectivity index (χ1v) is 9.90. The molecule has 0 spiro atoms. The Labute approximate surface area is 175 Å². The summed E-state index contributed by atoms with van der Waals surface area (Å²) < 4.78 is 11.0. The van der Waals surface area contributed by atoms with Gasteiger partial charge in [-0.15, -0.1) is 0 Å². The summed E-state index contributed by atoms with van der Waals surface area (Å²) in [7, 11) is 1.56. The summed E-state index contributed by atoms with van der Waals surface area (Å²) in [5.41, 5.74) is 1.32. The van der Waals surface area contributed by atoms with Crippen molar-refractivity contribution in [3.8, 4) is 5.75 Å². The van der Waals surface area contributed by atoms with Crippen LogP contribution in [0.2, 0.25) is 0 Å². The van der Waals surface area contributed by atoms with Crippen LogP contribution in [-0.2, 0) is 9.53 Å². The Morgan fingerprint density at radius 1 is 1.07 bits per heavy atom. The highest BCUT2D eigenvalue weighted by molar-refractivity contribution is 5.91. The van der Waals surface area contributed by atoms with Gasteiger partial charge in [-0.05, 0) is 37.1 Å². The highest BCUT2D eigenvalue weighted by atomic mass is 16.5. The molecule has 1 aliphatic heterocycles. The molecule has 0 saturated carbocycles. The zero-order valence-electron chi connectivity index (χ0n) is 16.8. The minimum absolute atomic E-state index is 0.148. The molecule has 0 bridgehead atoms. The molecule has 160 valence electrons. The van der Waals surface area contributed by atoms with Gasteiger partial charge in [0.2, 0.25) is 5.91 Å². The van der Waals surface area contributed by atoms with Gasteiger partial charge in [0, 0.05) is 17.4 Å². The van der Waals surface area contributed by atoms with E-state index in [9.17, 15) is 14.7 Å². The molecule has 3 atom stereocenters. The van der Waals surface area contributed by atoms with Crippen LogP contribution in [0.5, 0.6) is 5.75 Å². The second kappa shape index (κ2) is 10.6. The Morgan fingerprint density at radius 2 is 1.83 bits per heavy atom. The Hall–Kier alpha value is -3.10. The Morgan fingerprint density at radius 3 is 2.57 bits per heavy atom. The molecule has 1 fully saturated rings. The van der Waals surface area contributed by atoms with E-state index in [1.54, 1.807) is 31.4 Å². The van der Waals surface area contributed by atoms with E-state index in [-0.39, 0.29) is 31.1 Å². The number of hydrogen-bond acceptors (Lipinski definition) is 5. The number of carbonyl (C=O) groups is 2. The third-order valence-corrected chi connectivity index (χ3v) is 4.91. The van der Waals surface area contributed by atoms with Crippen molar-refractivity contribution in [3.05, 3.63) is 54.6 Å². The van der Waals surface area contributed by atoms with Gasteiger partial charge in [0.1, 0.15) is 11.9 Å². The maximum Gasteiger partial charge on any atom is 0.319 e. The van der Waals surface area contributed by atoms with E-state index in [0.29, 0.717) is 24.3 Å². The van der Waals surface area contributed by atoms with Gasteiger partial charge in [-0.3, -0.25) is 4.79 Å². The van der Waals surface area contributed by atoms with E-state index < -0.39 is 12.1 Å². The quantitative estimate of drug-likeness (QED) is 0.558. The maximum absolute atomic E-state index is 12.3. The lowest BCUT2D eigenvalue weighted by atomic mass is 9.97. The first kappa shape index (κ1) is 21.6. The standard InChI is InChI=1S/C22H27N3O5/c1-29-17-9-5-8-16(12-17)24-22(28)25-19-11-10-18(30-20(19)14-26)13-21(27)23-15-6-3-2-4-7-15/h2-9,12,18-20,26H,10-11,13-14H2,1H3,(H,23,27)(H2,24,25,28)/t18-,19+,20+/m0/s1. The summed E-state index contributed by atoms with van der Waals surface area (Å²) in [5.74, 6) is 0.490. The van der Waals surface area contributed by atoms with Crippen LogP contribution in [0.1, 0.15) is 19.3 Å². The number of rotatable bonds is 7. The van der Waals surface area contributed by atoms with E-state index in [1.807, 2.05) is 30.3 Å². The van der Waals surface area contributed by atoms with Crippen molar-refractivity contribution in [3.63, 3.8) is 0 Å². The van der Waals surface area contributed by atoms with Crippen LogP contribution in [0.15, 0.2) is 54.6 Å². The van der Waals surface area contributed by atoms with E-state index in [4.69, 9.17) is 9.47 Å². The molecule has 8 heteroatoms. The summed E-state index contributed by atoms with van der Waals surface area (Å²) in [6.45, 7) is -0.249.